The molecule has 1 nitrogen and oxygen atoms in total. The van der Waals surface area contributed by atoms with Crippen LogP contribution in [-0.4, -0.2) is 5.11 Å². The van der Waals surface area contributed by atoms with E-state index in [4.69, 9.17) is 0 Å². The van der Waals surface area contributed by atoms with E-state index in [1.807, 2.05) is 16.8 Å². The van der Waals surface area contributed by atoms with Gasteiger partial charge < -0.3 is 5.11 Å². The number of aliphatic hydroxyl groups excluding tert-OH is 1. The van der Waals surface area contributed by atoms with Crippen molar-refractivity contribution in [2.45, 2.75) is 19.4 Å². The van der Waals surface area contributed by atoms with Crippen molar-refractivity contribution in [3.05, 3.63) is 57.8 Å². The van der Waals surface area contributed by atoms with E-state index in [1.165, 1.54) is 11.1 Å². The van der Waals surface area contributed by atoms with E-state index >= 15 is 0 Å². The van der Waals surface area contributed by atoms with Crippen molar-refractivity contribution < 1.29 is 5.11 Å². The average molecular weight is 218 g/mol. The summed E-state index contributed by atoms with van der Waals surface area (Å²) in [5.41, 5.74) is 3.45. The van der Waals surface area contributed by atoms with Gasteiger partial charge in [0.05, 0.1) is 6.10 Å². The lowest BCUT2D eigenvalue weighted by Crippen LogP contribution is -2.00. The Balaban J connectivity index is 2.06. The second kappa shape index (κ2) is 4.60. The van der Waals surface area contributed by atoms with Crippen molar-refractivity contribution in [1.29, 1.82) is 0 Å². The summed E-state index contributed by atoms with van der Waals surface area (Å²) in [7, 11) is 0. The molecule has 1 N–H and O–H groups in total. The molecule has 0 saturated carbocycles. The summed E-state index contributed by atoms with van der Waals surface area (Å²) >= 11 is 1.62. The second-order valence-corrected chi connectivity index (χ2v) is 4.54. The Morgan fingerprint density at radius 1 is 1.20 bits per heavy atom. The molecule has 1 aromatic carbocycles. The number of thiophene rings is 1. The van der Waals surface area contributed by atoms with Crippen molar-refractivity contribution in [3.8, 4) is 0 Å². The van der Waals surface area contributed by atoms with Crippen molar-refractivity contribution >= 4 is 11.3 Å². The van der Waals surface area contributed by atoms with E-state index in [1.54, 1.807) is 11.3 Å². The fourth-order valence-corrected chi connectivity index (χ4v) is 2.24. The second-order valence-electron chi connectivity index (χ2n) is 3.76. The molecule has 1 aromatic heterocycles. The van der Waals surface area contributed by atoms with Gasteiger partial charge in [0, 0.05) is 6.42 Å². The highest BCUT2D eigenvalue weighted by molar-refractivity contribution is 7.07. The molecule has 78 valence electrons. The Bertz CT molecular complexity index is 403. The van der Waals surface area contributed by atoms with E-state index in [0.29, 0.717) is 6.42 Å². The zero-order chi connectivity index (χ0) is 10.7. The normalized spacial score (nSPS) is 12.7. The number of aliphatic hydroxyl groups is 1. The molecular formula is C13H14OS. The van der Waals surface area contributed by atoms with Gasteiger partial charge in [-0.25, -0.2) is 0 Å². The molecule has 0 radical (unpaired) electrons. The molecule has 0 amide bonds. The van der Waals surface area contributed by atoms with Crippen molar-refractivity contribution in [2.75, 3.05) is 0 Å². The molecule has 2 rings (SSSR count). The van der Waals surface area contributed by atoms with E-state index in [0.717, 1.165) is 5.56 Å². The molecule has 0 aliphatic rings. The fourth-order valence-electron chi connectivity index (χ4n) is 1.53. The molecule has 0 fully saturated rings. The highest BCUT2D eigenvalue weighted by Gasteiger charge is 2.08. The zero-order valence-electron chi connectivity index (χ0n) is 8.68. The molecular weight excluding hydrogens is 204 g/mol. The molecule has 0 aliphatic heterocycles. The largest absolute Gasteiger partial charge is 0.388 e. The lowest BCUT2D eigenvalue weighted by atomic mass is 10.0. The molecule has 1 unspecified atom stereocenters. The van der Waals surface area contributed by atoms with Gasteiger partial charge in [-0.2, -0.15) is 11.3 Å². The molecule has 0 bridgehead atoms. The first-order valence-corrected chi connectivity index (χ1v) is 5.95. The Labute approximate surface area is 94.0 Å². The first-order valence-electron chi connectivity index (χ1n) is 5.01. The first kappa shape index (κ1) is 10.4. The zero-order valence-corrected chi connectivity index (χ0v) is 9.50. The van der Waals surface area contributed by atoms with Crippen LogP contribution in [0.4, 0.5) is 0 Å². The molecule has 0 saturated heterocycles. The van der Waals surface area contributed by atoms with Crippen LogP contribution in [0, 0.1) is 6.92 Å². The number of aryl methyl sites for hydroxylation is 1. The third kappa shape index (κ3) is 2.67. The van der Waals surface area contributed by atoms with Crippen LogP contribution in [0.25, 0.3) is 0 Å². The summed E-state index contributed by atoms with van der Waals surface area (Å²) in [6, 6.07) is 10.3. The molecule has 0 spiro atoms. The summed E-state index contributed by atoms with van der Waals surface area (Å²) in [6.45, 7) is 2.07. The standard InChI is InChI=1S/C13H14OS/c1-10-2-4-11(5-3-10)8-13(14)12-6-7-15-9-12/h2-7,9,13-14H,8H2,1H3. The van der Waals surface area contributed by atoms with Crippen molar-refractivity contribution in [3.63, 3.8) is 0 Å². The van der Waals surface area contributed by atoms with Crippen LogP contribution in [0.15, 0.2) is 41.1 Å². The van der Waals surface area contributed by atoms with Crippen LogP contribution < -0.4 is 0 Å². The van der Waals surface area contributed by atoms with Crippen LogP contribution in [0.1, 0.15) is 22.8 Å². The summed E-state index contributed by atoms with van der Waals surface area (Å²) in [5, 5.41) is 13.9. The lowest BCUT2D eigenvalue weighted by molar-refractivity contribution is 0.179. The number of hydrogen-bond donors (Lipinski definition) is 1. The van der Waals surface area contributed by atoms with Crippen LogP contribution in [-0.2, 0) is 6.42 Å². The molecule has 2 heteroatoms. The minimum atomic E-state index is -0.376. The van der Waals surface area contributed by atoms with E-state index in [9.17, 15) is 5.11 Å². The van der Waals surface area contributed by atoms with Gasteiger partial charge in [-0.05, 0) is 34.9 Å². The average Bonchev–Trinajstić information content (AvgIpc) is 2.74. The number of rotatable bonds is 3. The van der Waals surface area contributed by atoms with Gasteiger partial charge in [0.1, 0.15) is 0 Å². The van der Waals surface area contributed by atoms with Crippen LogP contribution >= 0.6 is 11.3 Å². The molecule has 1 atom stereocenters. The van der Waals surface area contributed by atoms with Gasteiger partial charge in [-0.1, -0.05) is 29.8 Å². The number of hydrogen-bond acceptors (Lipinski definition) is 2. The van der Waals surface area contributed by atoms with Gasteiger partial charge in [-0.3, -0.25) is 0 Å². The minimum absolute atomic E-state index is 0.376. The molecule has 15 heavy (non-hydrogen) atoms. The SMILES string of the molecule is Cc1ccc(CC(O)c2ccsc2)cc1. The van der Waals surface area contributed by atoms with Crippen molar-refractivity contribution in [1.82, 2.24) is 0 Å². The van der Waals surface area contributed by atoms with Crippen LogP contribution in [0.3, 0.4) is 0 Å². The van der Waals surface area contributed by atoms with Crippen LogP contribution in [0.5, 0.6) is 0 Å². The first-order chi connectivity index (χ1) is 7.25. The highest BCUT2D eigenvalue weighted by atomic mass is 32.1. The van der Waals surface area contributed by atoms with Gasteiger partial charge in [0.2, 0.25) is 0 Å². The van der Waals surface area contributed by atoms with Gasteiger partial charge >= 0.3 is 0 Å². The highest BCUT2D eigenvalue weighted by Crippen LogP contribution is 2.20. The van der Waals surface area contributed by atoms with Gasteiger partial charge in [0.15, 0.2) is 0 Å². The van der Waals surface area contributed by atoms with Gasteiger partial charge in [0.25, 0.3) is 0 Å². The van der Waals surface area contributed by atoms with E-state index < -0.39 is 0 Å². The minimum Gasteiger partial charge on any atom is -0.388 e. The maximum atomic E-state index is 9.94. The van der Waals surface area contributed by atoms with E-state index in [-0.39, 0.29) is 6.10 Å². The smallest absolute Gasteiger partial charge is 0.0838 e. The van der Waals surface area contributed by atoms with Crippen LogP contribution in [0.2, 0.25) is 0 Å². The Kier molecular flexibility index (Phi) is 3.19. The number of benzene rings is 1. The fraction of sp³-hybridized carbons (Fsp3) is 0.231. The Hall–Kier alpha value is -1.12. The maximum absolute atomic E-state index is 9.94. The quantitative estimate of drug-likeness (QED) is 0.837. The predicted molar refractivity (Wildman–Crippen MR) is 64.2 cm³/mol. The van der Waals surface area contributed by atoms with E-state index in [2.05, 4.69) is 31.2 Å². The lowest BCUT2D eigenvalue weighted by Gasteiger charge is -2.08. The van der Waals surface area contributed by atoms with Crippen molar-refractivity contribution in [2.24, 2.45) is 0 Å². The maximum Gasteiger partial charge on any atom is 0.0838 e. The Morgan fingerprint density at radius 2 is 1.93 bits per heavy atom. The Morgan fingerprint density at radius 3 is 2.53 bits per heavy atom. The monoisotopic (exact) mass is 218 g/mol. The summed E-state index contributed by atoms with van der Waals surface area (Å²) in [5.74, 6) is 0. The third-order valence-electron chi connectivity index (χ3n) is 2.48. The predicted octanol–water partition coefficient (Wildman–Crippen LogP) is 3.33. The molecule has 0 aliphatic carbocycles. The van der Waals surface area contributed by atoms with Gasteiger partial charge in [-0.15, -0.1) is 0 Å². The molecule has 1 heterocycles. The molecule has 2 aromatic rings. The third-order valence-corrected chi connectivity index (χ3v) is 3.18. The summed E-state index contributed by atoms with van der Waals surface area (Å²) in [6.07, 6.45) is 0.316. The topological polar surface area (TPSA) is 20.2 Å². The summed E-state index contributed by atoms with van der Waals surface area (Å²) in [4.78, 5) is 0. The summed E-state index contributed by atoms with van der Waals surface area (Å²) < 4.78 is 0.